The number of amides is 1. The van der Waals surface area contributed by atoms with Crippen molar-refractivity contribution in [2.45, 2.75) is 5.03 Å². The molecule has 0 aliphatic carbocycles. The number of ether oxygens (including phenoxy) is 1. The molecule has 1 fully saturated rings. The van der Waals surface area contributed by atoms with Gasteiger partial charge in [0.15, 0.2) is 5.82 Å². The van der Waals surface area contributed by atoms with Gasteiger partial charge < -0.3 is 9.64 Å². The third kappa shape index (κ3) is 4.09. The van der Waals surface area contributed by atoms with Gasteiger partial charge in [-0.3, -0.25) is 4.79 Å². The van der Waals surface area contributed by atoms with Crippen molar-refractivity contribution in [3.05, 3.63) is 54.3 Å². The molecule has 1 aliphatic rings. The van der Waals surface area contributed by atoms with Gasteiger partial charge in [0, 0.05) is 24.0 Å². The van der Waals surface area contributed by atoms with Gasteiger partial charge in [0.2, 0.25) is 5.91 Å². The Morgan fingerprint density at radius 3 is 2.67 bits per heavy atom. The number of hydrogen-bond acceptors (Lipinski definition) is 5. The summed E-state index contributed by atoms with van der Waals surface area (Å²) in [5.74, 6) is 0.500. The highest BCUT2D eigenvalue weighted by Gasteiger charge is 2.18. The number of morpholine rings is 1. The van der Waals surface area contributed by atoms with Crippen molar-refractivity contribution < 1.29 is 13.9 Å². The van der Waals surface area contributed by atoms with Crippen LogP contribution in [0.25, 0.3) is 22.3 Å². The largest absolute Gasteiger partial charge is 0.378 e. The lowest BCUT2D eigenvalue weighted by molar-refractivity contribution is -0.132. The van der Waals surface area contributed by atoms with Gasteiger partial charge in [-0.1, -0.05) is 42.1 Å². The molecule has 5 nitrogen and oxygen atoms in total. The summed E-state index contributed by atoms with van der Waals surface area (Å²) in [5.41, 5.74) is 1.54. The third-order valence-electron chi connectivity index (χ3n) is 4.35. The highest BCUT2D eigenvalue weighted by atomic mass is 32.2. The van der Waals surface area contributed by atoms with Crippen LogP contribution in [0.2, 0.25) is 0 Å². The highest BCUT2D eigenvalue weighted by molar-refractivity contribution is 8.00. The monoisotopic (exact) mass is 383 g/mol. The minimum absolute atomic E-state index is 0.0349. The molecule has 27 heavy (non-hydrogen) atoms. The molecule has 0 unspecified atom stereocenters. The molecule has 138 valence electrons. The lowest BCUT2D eigenvalue weighted by atomic mass is 10.2. The van der Waals surface area contributed by atoms with Crippen LogP contribution in [0, 0.1) is 5.82 Å². The van der Waals surface area contributed by atoms with Gasteiger partial charge in [-0.15, -0.1) is 0 Å². The number of carbonyl (C=O) groups excluding carboxylic acids is 1. The minimum atomic E-state index is -0.347. The Bertz CT molecular complexity index is 962. The molecule has 2 aromatic carbocycles. The van der Waals surface area contributed by atoms with Crippen LogP contribution < -0.4 is 0 Å². The Hall–Kier alpha value is -2.51. The fraction of sp³-hybridized carbons (Fsp3) is 0.250. The number of carbonyl (C=O) groups is 1. The smallest absolute Gasteiger partial charge is 0.233 e. The molecule has 1 aliphatic heterocycles. The summed E-state index contributed by atoms with van der Waals surface area (Å²) in [6.45, 7) is 2.34. The molecule has 0 radical (unpaired) electrons. The summed E-state index contributed by atoms with van der Waals surface area (Å²) in [4.78, 5) is 23.4. The predicted octanol–water partition coefficient (Wildman–Crippen LogP) is 3.39. The van der Waals surface area contributed by atoms with Gasteiger partial charge >= 0.3 is 0 Å². The molecule has 0 atom stereocenters. The van der Waals surface area contributed by atoms with Crippen LogP contribution in [-0.4, -0.2) is 52.8 Å². The molecule has 1 amide bonds. The zero-order valence-electron chi connectivity index (χ0n) is 14.6. The topological polar surface area (TPSA) is 55.3 Å². The van der Waals surface area contributed by atoms with Crippen molar-refractivity contribution in [3.8, 4) is 11.4 Å². The zero-order valence-corrected chi connectivity index (χ0v) is 15.4. The van der Waals surface area contributed by atoms with Crippen molar-refractivity contribution in [1.82, 2.24) is 14.9 Å². The van der Waals surface area contributed by atoms with Gasteiger partial charge in [0.1, 0.15) is 10.8 Å². The van der Waals surface area contributed by atoms with Crippen LogP contribution in [0.1, 0.15) is 0 Å². The molecule has 0 spiro atoms. The lowest BCUT2D eigenvalue weighted by Gasteiger charge is -2.26. The summed E-state index contributed by atoms with van der Waals surface area (Å²) < 4.78 is 19.1. The van der Waals surface area contributed by atoms with Crippen molar-refractivity contribution in [2.75, 3.05) is 32.1 Å². The third-order valence-corrected chi connectivity index (χ3v) is 5.33. The van der Waals surface area contributed by atoms with E-state index in [0.29, 0.717) is 48.1 Å². The van der Waals surface area contributed by atoms with E-state index in [1.165, 1.54) is 23.9 Å². The van der Waals surface area contributed by atoms with E-state index in [2.05, 4.69) is 9.97 Å². The van der Waals surface area contributed by atoms with E-state index in [4.69, 9.17) is 4.74 Å². The van der Waals surface area contributed by atoms with Crippen molar-refractivity contribution in [3.63, 3.8) is 0 Å². The van der Waals surface area contributed by atoms with Gasteiger partial charge in [-0.05, 0) is 18.2 Å². The normalized spacial score (nSPS) is 14.5. The first kappa shape index (κ1) is 17.9. The van der Waals surface area contributed by atoms with Gasteiger partial charge in [0.25, 0.3) is 0 Å². The molecular weight excluding hydrogens is 365 g/mol. The van der Waals surface area contributed by atoms with E-state index in [9.17, 15) is 9.18 Å². The second-order valence-electron chi connectivity index (χ2n) is 6.16. The molecule has 7 heteroatoms. The van der Waals surface area contributed by atoms with E-state index >= 15 is 0 Å². The second-order valence-corrected chi connectivity index (χ2v) is 7.13. The first-order valence-corrected chi connectivity index (χ1v) is 9.70. The summed E-state index contributed by atoms with van der Waals surface area (Å²) in [6, 6.07) is 14.1. The number of benzene rings is 2. The standard InChI is InChI=1S/C20H18FN3O2S/c21-15-6-7-17-16(12-15)20(23-19(22-17)14-4-2-1-3-5-14)27-13-18(25)24-8-10-26-11-9-24/h1-7,12H,8-11,13H2. The van der Waals surface area contributed by atoms with Crippen molar-refractivity contribution >= 4 is 28.6 Å². The average Bonchev–Trinajstić information content (AvgIpc) is 2.73. The summed E-state index contributed by atoms with van der Waals surface area (Å²) in [5, 5.41) is 1.23. The number of nitrogens with zero attached hydrogens (tertiary/aromatic N) is 3. The molecule has 3 aromatic rings. The maximum absolute atomic E-state index is 13.8. The molecule has 2 heterocycles. The molecule has 0 bridgehead atoms. The number of thioether (sulfide) groups is 1. The Morgan fingerprint density at radius 2 is 1.89 bits per heavy atom. The Kier molecular flexibility index (Phi) is 5.31. The van der Waals surface area contributed by atoms with E-state index in [-0.39, 0.29) is 17.5 Å². The van der Waals surface area contributed by atoms with Gasteiger partial charge in [-0.2, -0.15) is 0 Å². The van der Waals surface area contributed by atoms with Crippen molar-refractivity contribution in [1.29, 1.82) is 0 Å². The maximum atomic E-state index is 13.8. The quantitative estimate of drug-likeness (QED) is 0.511. The zero-order chi connectivity index (χ0) is 18.6. The van der Waals surface area contributed by atoms with E-state index in [1.54, 1.807) is 11.0 Å². The fourth-order valence-corrected chi connectivity index (χ4v) is 3.85. The van der Waals surface area contributed by atoms with Gasteiger partial charge in [-0.25, -0.2) is 14.4 Å². The van der Waals surface area contributed by atoms with Crippen LogP contribution in [0.4, 0.5) is 4.39 Å². The summed E-state index contributed by atoms with van der Waals surface area (Å²) >= 11 is 1.32. The van der Waals surface area contributed by atoms with Crippen LogP contribution in [0.15, 0.2) is 53.6 Å². The summed E-state index contributed by atoms with van der Waals surface area (Å²) in [7, 11) is 0. The fourth-order valence-electron chi connectivity index (χ4n) is 2.93. The lowest BCUT2D eigenvalue weighted by Crippen LogP contribution is -2.41. The molecule has 1 saturated heterocycles. The van der Waals surface area contributed by atoms with Crippen LogP contribution in [0.5, 0.6) is 0 Å². The number of halogens is 1. The number of fused-ring (bicyclic) bond motifs is 1. The van der Waals surface area contributed by atoms with Crippen LogP contribution >= 0.6 is 11.8 Å². The average molecular weight is 383 g/mol. The molecular formula is C20H18FN3O2S. The van der Waals surface area contributed by atoms with Crippen LogP contribution in [-0.2, 0) is 9.53 Å². The van der Waals surface area contributed by atoms with Crippen LogP contribution in [0.3, 0.4) is 0 Å². The second kappa shape index (κ2) is 8.02. The Morgan fingerprint density at radius 1 is 1.11 bits per heavy atom. The van der Waals surface area contributed by atoms with Crippen molar-refractivity contribution in [2.24, 2.45) is 0 Å². The predicted molar refractivity (Wildman–Crippen MR) is 103 cm³/mol. The van der Waals surface area contributed by atoms with Gasteiger partial charge in [0.05, 0.1) is 24.5 Å². The number of aromatic nitrogens is 2. The number of rotatable bonds is 4. The van der Waals surface area contributed by atoms with E-state index < -0.39 is 0 Å². The maximum Gasteiger partial charge on any atom is 0.233 e. The molecule has 1 aromatic heterocycles. The molecule has 0 N–H and O–H groups in total. The first-order valence-electron chi connectivity index (χ1n) is 8.72. The Labute approximate surface area is 160 Å². The SMILES string of the molecule is O=C(CSc1nc(-c2ccccc2)nc2ccc(F)cc12)N1CCOCC1. The molecule has 4 rings (SSSR count). The van der Waals surface area contributed by atoms with E-state index in [0.717, 1.165) is 5.56 Å². The summed E-state index contributed by atoms with van der Waals surface area (Å²) in [6.07, 6.45) is 0. The molecule has 0 saturated carbocycles. The minimum Gasteiger partial charge on any atom is -0.378 e. The number of hydrogen-bond donors (Lipinski definition) is 0. The van der Waals surface area contributed by atoms with E-state index in [1.807, 2.05) is 30.3 Å². The highest BCUT2D eigenvalue weighted by Crippen LogP contribution is 2.29. The Balaban J connectivity index is 1.65. The first-order chi connectivity index (χ1) is 13.2.